The largest absolute Gasteiger partial charge is 0.493 e. The first-order valence-electron chi connectivity index (χ1n) is 26.3. The van der Waals surface area contributed by atoms with Crippen LogP contribution in [0.1, 0.15) is 180 Å². The van der Waals surface area contributed by atoms with Crippen molar-refractivity contribution in [2.75, 3.05) is 26.4 Å². The predicted molar refractivity (Wildman–Crippen MR) is 288 cm³/mol. The van der Waals surface area contributed by atoms with Gasteiger partial charge in [-0.3, -0.25) is 23.5 Å². The molecule has 2 aromatic heterocycles. The second kappa shape index (κ2) is 33.7. The summed E-state index contributed by atoms with van der Waals surface area (Å²) in [6.07, 6.45) is 21.8. The molecule has 4 aromatic rings. The number of azo groups is 2. The Hall–Kier alpha value is -6.98. The average Bonchev–Trinajstić information content (AvgIpc) is 3.39. The van der Waals surface area contributed by atoms with Crippen LogP contribution in [-0.4, -0.2) is 57.6 Å². The molecule has 74 heavy (non-hydrogen) atoms. The van der Waals surface area contributed by atoms with Crippen LogP contribution in [-0.2, 0) is 23.6 Å². The van der Waals surface area contributed by atoms with Crippen LogP contribution in [0, 0.1) is 48.3 Å². The van der Waals surface area contributed by atoms with Gasteiger partial charge in [0.25, 0.3) is 17.0 Å². The van der Waals surface area contributed by atoms with Crippen molar-refractivity contribution in [3.63, 3.8) is 0 Å². The number of carbonyl (C=O) groups excluding carboxylic acids is 2. The number of aromatic nitrogens is 2. The first-order chi connectivity index (χ1) is 35.6. The third kappa shape index (κ3) is 19.5. The molecule has 400 valence electrons. The number of carbonyl (C=O) groups is 2. The van der Waals surface area contributed by atoms with Gasteiger partial charge in [-0.2, -0.15) is 10.5 Å². The van der Waals surface area contributed by atoms with E-state index in [1.54, 1.807) is 48.5 Å². The fraction of sp³-hybridized carbons (Fsp3) is 0.544. The maximum atomic E-state index is 13.0. The Labute approximate surface area is 437 Å². The summed E-state index contributed by atoms with van der Waals surface area (Å²) in [5.41, 5.74) is 0.0744. The fourth-order valence-electron chi connectivity index (χ4n) is 8.07. The minimum Gasteiger partial charge on any atom is -0.493 e. The van der Waals surface area contributed by atoms with Gasteiger partial charge in [0.15, 0.2) is 11.4 Å². The van der Waals surface area contributed by atoms with Crippen LogP contribution in [0.2, 0.25) is 0 Å². The normalized spacial score (nSPS) is 11.6. The molecule has 1 unspecified atom stereocenters. The second-order valence-corrected chi connectivity index (χ2v) is 19.1. The Morgan fingerprint density at radius 2 is 1.07 bits per heavy atom. The van der Waals surface area contributed by atoms with E-state index in [9.17, 15) is 39.9 Å². The van der Waals surface area contributed by atoms with Gasteiger partial charge in [0.05, 0.1) is 23.4 Å². The van der Waals surface area contributed by atoms with Crippen LogP contribution < -0.4 is 16.4 Å². The number of rotatable bonds is 30. The number of esters is 1. The van der Waals surface area contributed by atoms with Crippen LogP contribution in [0.5, 0.6) is 11.8 Å². The molecule has 1 amide bonds. The van der Waals surface area contributed by atoms with Crippen molar-refractivity contribution in [2.45, 2.75) is 151 Å². The lowest BCUT2D eigenvalue weighted by atomic mass is 9.94. The molecule has 0 aliphatic carbocycles. The number of amides is 1. The SMILES string of the molecule is CCCCCCCCCCC(CCCCCCCC)COCCCNC(=O)c1ccccc1N=Nc1c(C)c(C#N)c(O)n(C)c1=O.Cc1c(C#N)c(O)n(C)c(=O)c1N=Nc1ccccc1C(=O)OCC(C)C. The summed E-state index contributed by atoms with van der Waals surface area (Å²) in [5.74, 6) is -0.887. The van der Waals surface area contributed by atoms with Crippen LogP contribution in [0.15, 0.2) is 78.6 Å². The van der Waals surface area contributed by atoms with Gasteiger partial charge in [-0.05, 0) is 69.2 Å². The number of nitrogens with one attached hydrogen (secondary N) is 1. The van der Waals surface area contributed by atoms with Crippen LogP contribution in [0.3, 0.4) is 0 Å². The highest BCUT2D eigenvalue weighted by Gasteiger charge is 2.20. The Balaban J connectivity index is 0.000000451. The quantitative estimate of drug-likeness (QED) is 0.0253. The summed E-state index contributed by atoms with van der Waals surface area (Å²) < 4.78 is 13.2. The first kappa shape index (κ1) is 61.3. The highest BCUT2D eigenvalue weighted by atomic mass is 16.5. The summed E-state index contributed by atoms with van der Waals surface area (Å²) in [6.45, 7) is 13.5. The smallest absolute Gasteiger partial charge is 0.340 e. The van der Waals surface area contributed by atoms with Gasteiger partial charge in [0, 0.05) is 45.0 Å². The van der Waals surface area contributed by atoms with Gasteiger partial charge in [-0.25, -0.2) is 4.79 Å². The monoisotopic (exact) mass is 1020 g/mol. The molecule has 0 spiro atoms. The number of hydrogen-bond donors (Lipinski definition) is 3. The molecule has 0 aliphatic rings. The summed E-state index contributed by atoms with van der Waals surface area (Å²) in [5, 5.41) is 57.7. The molecule has 0 bridgehead atoms. The standard InChI is InChI=1S/C38H59N5O4.C19H20N4O4/c1-5-7-9-11-13-14-16-18-23-31(22-17-15-12-10-8-6-2)29-47-27-21-26-40-36(44)32-24-19-20-25-34(32)41-42-35-30(3)33(28-39)37(45)43(4)38(35)46;1-11(2)10-27-19(26)13-7-5-6-8-15(13)21-22-16-12(3)14(9-20)17(24)23(4)18(16)25/h19-20,24-25,31,45H,5-18,21-23,26-27,29H2,1-4H3,(H,40,44);5-8,11,24H,10H2,1-4H3. The van der Waals surface area contributed by atoms with Crippen molar-refractivity contribution >= 4 is 34.6 Å². The van der Waals surface area contributed by atoms with Crippen molar-refractivity contribution in [1.82, 2.24) is 14.5 Å². The van der Waals surface area contributed by atoms with Gasteiger partial charge < -0.3 is 25.0 Å². The fourth-order valence-corrected chi connectivity index (χ4v) is 8.07. The summed E-state index contributed by atoms with van der Waals surface area (Å²) in [7, 11) is 2.68. The summed E-state index contributed by atoms with van der Waals surface area (Å²) >= 11 is 0. The van der Waals surface area contributed by atoms with E-state index in [1.807, 2.05) is 26.0 Å². The Morgan fingerprint density at radius 1 is 0.635 bits per heavy atom. The van der Waals surface area contributed by atoms with E-state index in [1.165, 1.54) is 131 Å². The zero-order chi connectivity index (χ0) is 54.4. The van der Waals surface area contributed by atoms with Crippen LogP contribution in [0.25, 0.3) is 0 Å². The highest BCUT2D eigenvalue weighted by molar-refractivity contribution is 5.98. The maximum Gasteiger partial charge on any atom is 0.340 e. The van der Waals surface area contributed by atoms with Crippen LogP contribution >= 0.6 is 0 Å². The van der Waals surface area contributed by atoms with E-state index in [4.69, 9.17) is 9.47 Å². The minimum atomic E-state index is -0.604. The minimum absolute atomic E-state index is 0.0452. The van der Waals surface area contributed by atoms with E-state index in [0.717, 1.165) is 15.7 Å². The van der Waals surface area contributed by atoms with Crippen molar-refractivity contribution in [1.29, 1.82) is 10.5 Å². The molecule has 2 heterocycles. The molecule has 0 saturated carbocycles. The van der Waals surface area contributed by atoms with E-state index in [-0.39, 0.29) is 63.3 Å². The number of aromatic hydroxyl groups is 2. The van der Waals surface area contributed by atoms with E-state index in [0.29, 0.717) is 36.7 Å². The highest BCUT2D eigenvalue weighted by Crippen LogP contribution is 2.29. The lowest BCUT2D eigenvalue weighted by Crippen LogP contribution is -2.25. The van der Waals surface area contributed by atoms with E-state index in [2.05, 4.69) is 39.6 Å². The first-order valence-corrected chi connectivity index (χ1v) is 26.3. The number of benzene rings is 2. The van der Waals surface area contributed by atoms with Gasteiger partial charge in [-0.1, -0.05) is 142 Å². The predicted octanol–water partition coefficient (Wildman–Crippen LogP) is 13.2. The molecular weight excluding hydrogens is 939 g/mol. The van der Waals surface area contributed by atoms with E-state index < -0.39 is 28.8 Å². The molecule has 0 saturated heterocycles. The molecule has 17 heteroatoms. The zero-order valence-electron chi connectivity index (χ0n) is 45.0. The van der Waals surface area contributed by atoms with Crippen molar-refractivity contribution in [3.05, 3.63) is 103 Å². The van der Waals surface area contributed by atoms with Gasteiger partial charge >= 0.3 is 5.97 Å². The average molecular weight is 1020 g/mol. The number of unbranched alkanes of at least 4 members (excludes halogenated alkanes) is 12. The Bertz CT molecular complexity index is 2690. The molecule has 1 atom stereocenters. The molecule has 3 N–H and O–H groups in total. The third-order valence-electron chi connectivity index (χ3n) is 12.7. The van der Waals surface area contributed by atoms with Gasteiger partial charge in [0.1, 0.15) is 29.0 Å². The number of nitrogens with zero attached hydrogens (tertiary/aromatic N) is 8. The topological polar surface area (TPSA) is 246 Å². The molecule has 17 nitrogen and oxygen atoms in total. The summed E-state index contributed by atoms with van der Waals surface area (Å²) in [6, 6.07) is 17.0. The molecule has 0 radical (unpaired) electrons. The zero-order valence-corrected chi connectivity index (χ0v) is 45.0. The number of pyridine rings is 2. The van der Waals surface area contributed by atoms with Crippen molar-refractivity contribution in [3.8, 4) is 23.9 Å². The lowest BCUT2D eigenvalue weighted by Gasteiger charge is -2.17. The van der Waals surface area contributed by atoms with E-state index >= 15 is 0 Å². The number of hydrogen-bond acceptors (Lipinski definition) is 14. The third-order valence-corrected chi connectivity index (χ3v) is 12.7. The molecule has 4 rings (SSSR count). The molecule has 2 aromatic carbocycles. The Morgan fingerprint density at radius 3 is 1.53 bits per heavy atom. The molecular formula is C57H79N9O8. The summed E-state index contributed by atoms with van der Waals surface area (Å²) in [4.78, 5) is 50.3. The van der Waals surface area contributed by atoms with Gasteiger partial charge in [-0.15, -0.1) is 20.5 Å². The van der Waals surface area contributed by atoms with Crippen molar-refractivity contribution < 1.29 is 29.3 Å². The maximum absolute atomic E-state index is 13.0. The molecule has 0 fully saturated rings. The van der Waals surface area contributed by atoms with Gasteiger partial charge in [0.2, 0.25) is 11.8 Å². The number of nitriles is 2. The number of ether oxygens (including phenoxy) is 2. The van der Waals surface area contributed by atoms with Crippen LogP contribution in [0.4, 0.5) is 22.7 Å². The second-order valence-electron chi connectivity index (χ2n) is 19.1. The van der Waals surface area contributed by atoms with Crippen molar-refractivity contribution in [2.24, 2.45) is 46.4 Å². The Kier molecular flexibility index (Phi) is 27.9. The lowest BCUT2D eigenvalue weighted by molar-refractivity contribution is 0.0459. The molecule has 0 aliphatic heterocycles.